The lowest BCUT2D eigenvalue weighted by Crippen LogP contribution is -2.66. The largest absolute Gasteiger partial charge is 0.386 e. The average Bonchev–Trinajstić information content (AvgIpc) is 3.02. The van der Waals surface area contributed by atoms with Crippen molar-refractivity contribution in [2.45, 2.75) is 37.0 Å². The number of nitrogens with zero attached hydrogens (tertiary/aromatic N) is 1. The van der Waals surface area contributed by atoms with Gasteiger partial charge in [0.05, 0.1) is 25.2 Å². The Balaban J connectivity index is 1.51. The quantitative estimate of drug-likeness (QED) is 0.688. The van der Waals surface area contributed by atoms with E-state index >= 15 is 0 Å². The van der Waals surface area contributed by atoms with Crippen LogP contribution in [-0.2, 0) is 9.53 Å². The molecule has 5 nitrogen and oxygen atoms in total. The van der Waals surface area contributed by atoms with Crippen LogP contribution in [0.15, 0.2) is 0 Å². The van der Waals surface area contributed by atoms with E-state index in [4.69, 9.17) is 4.74 Å². The van der Waals surface area contributed by atoms with Crippen LogP contribution in [0.4, 0.5) is 0 Å². The summed E-state index contributed by atoms with van der Waals surface area (Å²) in [6, 6.07) is -0.122. The molecule has 0 bridgehead atoms. The number of likely N-dealkylation sites (tertiary alicyclic amines) is 1. The van der Waals surface area contributed by atoms with Crippen LogP contribution >= 0.6 is 0 Å². The minimum atomic E-state index is -0.574. The number of aliphatic hydroxyl groups is 1. The van der Waals surface area contributed by atoms with Gasteiger partial charge in [0.1, 0.15) is 5.60 Å². The fraction of sp³-hybridized carbons (Fsp3) is 0.917. The molecule has 0 radical (unpaired) electrons. The van der Waals surface area contributed by atoms with Crippen LogP contribution in [0, 0.1) is 5.92 Å². The second-order valence-electron chi connectivity index (χ2n) is 5.63. The van der Waals surface area contributed by atoms with E-state index < -0.39 is 5.60 Å². The third-order valence-corrected chi connectivity index (χ3v) is 4.30. The van der Waals surface area contributed by atoms with Crippen LogP contribution in [-0.4, -0.2) is 60.4 Å². The molecule has 0 spiro atoms. The first-order valence-electron chi connectivity index (χ1n) is 6.40. The van der Waals surface area contributed by atoms with Gasteiger partial charge in [-0.15, -0.1) is 0 Å². The molecule has 1 saturated carbocycles. The Hall–Kier alpha value is -0.650. The second-order valence-corrected chi connectivity index (χ2v) is 5.63. The molecule has 1 amide bonds. The van der Waals surface area contributed by atoms with Crippen molar-refractivity contribution >= 4 is 5.91 Å². The molecule has 0 aromatic rings. The van der Waals surface area contributed by atoms with E-state index in [0.717, 1.165) is 25.8 Å². The summed E-state index contributed by atoms with van der Waals surface area (Å²) in [6.07, 6.45) is 3.12. The lowest BCUT2D eigenvalue weighted by atomic mass is 9.88. The summed E-state index contributed by atoms with van der Waals surface area (Å²) < 4.78 is 5.23. The minimum Gasteiger partial charge on any atom is -0.386 e. The van der Waals surface area contributed by atoms with E-state index in [1.165, 1.54) is 0 Å². The van der Waals surface area contributed by atoms with Gasteiger partial charge in [0.15, 0.2) is 0 Å². The van der Waals surface area contributed by atoms with E-state index in [9.17, 15) is 9.90 Å². The van der Waals surface area contributed by atoms with Crippen molar-refractivity contribution in [1.29, 1.82) is 0 Å². The molecule has 2 saturated heterocycles. The highest BCUT2D eigenvalue weighted by atomic mass is 16.5. The van der Waals surface area contributed by atoms with Crippen molar-refractivity contribution in [2.24, 2.45) is 5.92 Å². The van der Waals surface area contributed by atoms with E-state index in [2.05, 4.69) is 5.32 Å². The Morgan fingerprint density at radius 1 is 1.47 bits per heavy atom. The molecule has 17 heavy (non-hydrogen) atoms. The molecule has 2 atom stereocenters. The van der Waals surface area contributed by atoms with Gasteiger partial charge in [0.25, 0.3) is 0 Å². The Bertz CT molecular complexity index is 324. The van der Waals surface area contributed by atoms with Gasteiger partial charge in [-0.05, 0) is 25.2 Å². The van der Waals surface area contributed by atoms with Gasteiger partial charge in [0, 0.05) is 13.7 Å². The summed E-state index contributed by atoms with van der Waals surface area (Å²) in [4.78, 5) is 13.9. The van der Waals surface area contributed by atoms with Crippen LogP contribution in [0.5, 0.6) is 0 Å². The normalized spacial score (nSPS) is 35.8. The van der Waals surface area contributed by atoms with Crippen molar-refractivity contribution in [3.8, 4) is 0 Å². The third-order valence-electron chi connectivity index (χ3n) is 4.30. The van der Waals surface area contributed by atoms with Crippen molar-refractivity contribution < 1.29 is 14.6 Å². The van der Waals surface area contributed by atoms with Gasteiger partial charge >= 0.3 is 0 Å². The number of methoxy groups -OCH3 is 1. The molecule has 2 heterocycles. The fourth-order valence-corrected chi connectivity index (χ4v) is 2.94. The third kappa shape index (κ3) is 1.96. The van der Waals surface area contributed by atoms with E-state index in [1.54, 1.807) is 12.0 Å². The number of ether oxygens (including phenoxy) is 1. The van der Waals surface area contributed by atoms with Crippen LogP contribution in [0.1, 0.15) is 19.3 Å². The molecule has 2 unspecified atom stereocenters. The fourth-order valence-electron chi connectivity index (χ4n) is 2.94. The highest BCUT2D eigenvalue weighted by molar-refractivity contribution is 5.83. The number of rotatable bonds is 3. The monoisotopic (exact) mass is 240 g/mol. The molecule has 3 aliphatic rings. The molecule has 3 rings (SSSR count). The maximum Gasteiger partial charge on any atom is 0.240 e. The zero-order valence-corrected chi connectivity index (χ0v) is 10.2. The minimum absolute atomic E-state index is 0.120. The maximum atomic E-state index is 12.1. The van der Waals surface area contributed by atoms with Crippen molar-refractivity contribution in [3.05, 3.63) is 0 Å². The van der Waals surface area contributed by atoms with Gasteiger partial charge in [-0.1, -0.05) is 0 Å². The molecule has 0 aromatic carbocycles. The SMILES string of the molecule is COC1CNC(C(=O)N2CC(O)(C3CC3)C2)C1. The number of carbonyl (C=O) groups is 1. The molecule has 2 aliphatic heterocycles. The summed E-state index contributed by atoms with van der Waals surface area (Å²) in [6.45, 7) is 1.78. The summed E-state index contributed by atoms with van der Waals surface area (Å²) in [7, 11) is 1.68. The lowest BCUT2D eigenvalue weighted by molar-refractivity contribution is -0.161. The number of β-amino-alcohol motifs (C(OH)–C–C–N with tert-alkyl or cyclic N) is 1. The highest BCUT2D eigenvalue weighted by Gasteiger charge is 2.54. The topological polar surface area (TPSA) is 61.8 Å². The second kappa shape index (κ2) is 3.93. The Morgan fingerprint density at radius 2 is 2.18 bits per heavy atom. The zero-order chi connectivity index (χ0) is 12.0. The van der Waals surface area contributed by atoms with Gasteiger partial charge in [-0.2, -0.15) is 0 Å². The summed E-state index contributed by atoms with van der Waals surface area (Å²) in [5.41, 5.74) is -0.574. The number of nitrogens with one attached hydrogen (secondary N) is 1. The first-order valence-corrected chi connectivity index (χ1v) is 6.40. The Labute approximate surface area is 101 Å². The van der Waals surface area contributed by atoms with Gasteiger partial charge < -0.3 is 20.1 Å². The van der Waals surface area contributed by atoms with Crippen molar-refractivity contribution in [1.82, 2.24) is 10.2 Å². The van der Waals surface area contributed by atoms with E-state index in [-0.39, 0.29) is 18.1 Å². The van der Waals surface area contributed by atoms with Crippen molar-refractivity contribution in [3.63, 3.8) is 0 Å². The molecule has 1 aliphatic carbocycles. The molecular formula is C12H20N2O3. The predicted molar refractivity (Wildman–Crippen MR) is 61.5 cm³/mol. The summed E-state index contributed by atoms with van der Waals surface area (Å²) >= 11 is 0. The van der Waals surface area contributed by atoms with Gasteiger partial charge in [0.2, 0.25) is 5.91 Å². The number of hydrogen-bond acceptors (Lipinski definition) is 4. The van der Waals surface area contributed by atoms with Crippen LogP contribution in [0.25, 0.3) is 0 Å². The number of carbonyl (C=O) groups excluding carboxylic acids is 1. The molecule has 0 aromatic heterocycles. The molecular weight excluding hydrogens is 220 g/mol. The standard InChI is InChI=1S/C12H20N2O3/c1-17-9-4-10(13-5-9)11(15)14-6-12(16,7-14)8-2-3-8/h8-10,13,16H,2-7H2,1H3. The van der Waals surface area contributed by atoms with Crippen LogP contribution < -0.4 is 5.32 Å². The Morgan fingerprint density at radius 3 is 2.71 bits per heavy atom. The number of amides is 1. The number of hydrogen-bond donors (Lipinski definition) is 2. The first-order chi connectivity index (χ1) is 8.12. The van der Waals surface area contributed by atoms with E-state index in [0.29, 0.717) is 19.0 Å². The summed E-state index contributed by atoms with van der Waals surface area (Å²) in [5.74, 6) is 0.560. The molecule has 96 valence electrons. The van der Waals surface area contributed by atoms with Gasteiger partial charge in [-0.3, -0.25) is 4.79 Å². The van der Waals surface area contributed by atoms with Crippen LogP contribution in [0.3, 0.4) is 0 Å². The predicted octanol–water partition coefficient (Wildman–Crippen LogP) is -0.653. The van der Waals surface area contributed by atoms with E-state index in [1.807, 2.05) is 0 Å². The maximum absolute atomic E-state index is 12.1. The Kier molecular flexibility index (Phi) is 2.65. The van der Waals surface area contributed by atoms with Crippen LogP contribution in [0.2, 0.25) is 0 Å². The zero-order valence-electron chi connectivity index (χ0n) is 10.2. The average molecular weight is 240 g/mol. The van der Waals surface area contributed by atoms with Crippen molar-refractivity contribution in [2.75, 3.05) is 26.7 Å². The smallest absolute Gasteiger partial charge is 0.240 e. The summed E-state index contributed by atoms with van der Waals surface area (Å²) in [5, 5.41) is 13.4. The molecule has 5 heteroatoms. The molecule has 3 fully saturated rings. The van der Waals surface area contributed by atoms with Gasteiger partial charge in [-0.25, -0.2) is 0 Å². The molecule has 2 N–H and O–H groups in total. The first kappa shape index (κ1) is 11.4. The lowest BCUT2D eigenvalue weighted by Gasteiger charge is -2.47. The highest BCUT2D eigenvalue weighted by Crippen LogP contribution is 2.44.